The lowest BCUT2D eigenvalue weighted by Gasteiger charge is -2.22. The average molecular weight is 454 g/mol. The molecule has 0 aliphatic heterocycles. The predicted octanol–water partition coefficient (Wildman–Crippen LogP) is 2.91. The van der Waals surface area contributed by atoms with E-state index in [4.69, 9.17) is 16.3 Å². The first-order valence-corrected chi connectivity index (χ1v) is 9.70. The van der Waals surface area contributed by atoms with Crippen LogP contribution in [0.4, 0.5) is 8.78 Å². The van der Waals surface area contributed by atoms with Gasteiger partial charge in [0.15, 0.2) is 6.61 Å². The Balaban J connectivity index is 1.92. The van der Waals surface area contributed by atoms with Gasteiger partial charge in [0.25, 0.3) is 17.7 Å². The Morgan fingerprint density at radius 1 is 1.06 bits per heavy atom. The van der Waals surface area contributed by atoms with Crippen molar-refractivity contribution in [2.75, 3.05) is 6.61 Å². The molecule has 2 aromatic rings. The van der Waals surface area contributed by atoms with Crippen LogP contribution in [0, 0.1) is 24.5 Å². The molecule has 3 amide bonds. The highest BCUT2D eigenvalue weighted by atomic mass is 35.5. The minimum Gasteiger partial charge on any atom is -0.484 e. The second-order valence-electron chi connectivity index (χ2n) is 7.03. The van der Waals surface area contributed by atoms with E-state index in [2.05, 4.69) is 16.2 Å². The van der Waals surface area contributed by atoms with Crippen LogP contribution in [0.3, 0.4) is 0 Å². The molecule has 166 valence electrons. The molecule has 10 heteroatoms. The van der Waals surface area contributed by atoms with Crippen LogP contribution in [0.5, 0.6) is 5.75 Å². The molecule has 0 aliphatic rings. The number of carbonyl (C=O) groups excluding carboxylic acids is 3. The van der Waals surface area contributed by atoms with Gasteiger partial charge in [-0.05, 0) is 48.7 Å². The number of benzene rings is 2. The molecule has 2 rings (SSSR count). The van der Waals surface area contributed by atoms with E-state index in [9.17, 15) is 23.2 Å². The molecule has 7 nitrogen and oxygen atoms in total. The van der Waals surface area contributed by atoms with Crippen LogP contribution < -0.4 is 20.9 Å². The first kappa shape index (κ1) is 24.1. The molecule has 31 heavy (non-hydrogen) atoms. The average Bonchev–Trinajstić information content (AvgIpc) is 2.70. The van der Waals surface area contributed by atoms with Crippen LogP contribution in [0.15, 0.2) is 36.4 Å². The van der Waals surface area contributed by atoms with Crippen molar-refractivity contribution < 1.29 is 27.9 Å². The maximum atomic E-state index is 13.8. The lowest BCUT2D eigenvalue weighted by Crippen LogP contribution is -2.55. The van der Waals surface area contributed by atoms with Crippen molar-refractivity contribution in [3.05, 3.63) is 64.2 Å². The molecule has 0 saturated heterocycles. The van der Waals surface area contributed by atoms with Crippen LogP contribution in [0.2, 0.25) is 5.02 Å². The van der Waals surface area contributed by atoms with Crippen molar-refractivity contribution in [1.29, 1.82) is 0 Å². The molecular formula is C21H22ClF2N3O4. The first-order chi connectivity index (χ1) is 14.6. The zero-order valence-corrected chi connectivity index (χ0v) is 17.8. The van der Waals surface area contributed by atoms with E-state index < -0.39 is 46.9 Å². The number of aryl methyl sites for hydroxylation is 1. The van der Waals surface area contributed by atoms with Crippen LogP contribution in [-0.4, -0.2) is 30.4 Å². The molecule has 0 bridgehead atoms. The normalized spacial score (nSPS) is 11.6. The number of nitrogens with one attached hydrogen (secondary N) is 3. The summed E-state index contributed by atoms with van der Waals surface area (Å²) in [5.41, 5.74) is 4.30. The SMILES string of the molecule is Cc1cc(OCC(=O)NNC(=O)C(NC(=O)c2c(F)cccc2F)C(C)C)ccc1Cl. The molecule has 0 spiro atoms. The third kappa shape index (κ3) is 6.65. The summed E-state index contributed by atoms with van der Waals surface area (Å²) in [6.07, 6.45) is 0. The summed E-state index contributed by atoms with van der Waals surface area (Å²) in [7, 11) is 0. The first-order valence-electron chi connectivity index (χ1n) is 9.32. The highest BCUT2D eigenvalue weighted by molar-refractivity contribution is 6.31. The molecule has 0 fully saturated rings. The molecule has 0 aliphatic carbocycles. The van der Waals surface area contributed by atoms with Gasteiger partial charge in [0.1, 0.15) is 29.0 Å². The summed E-state index contributed by atoms with van der Waals surface area (Å²) in [5, 5.41) is 2.84. The van der Waals surface area contributed by atoms with Crippen molar-refractivity contribution >= 4 is 29.3 Å². The van der Waals surface area contributed by atoms with E-state index in [0.717, 1.165) is 23.8 Å². The smallest absolute Gasteiger partial charge is 0.276 e. The number of halogens is 3. The minimum atomic E-state index is -1.16. The van der Waals surface area contributed by atoms with Gasteiger partial charge in [-0.15, -0.1) is 0 Å². The van der Waals surface area contributed by atoms with Crippen molar-refractivity contribution in [3.8, 4) is 5.75 Å². The molecule has 3 N–H and O–H groups in total. The number of hydrazine groups is 1. The van der Waals surface area contributed by atoms with Crippen LogP contribution in [-0.2, 0) is 9.59 Å². The van der Waals surface area contributed by atoms with Gasteiger partial charge >= 0.3 is 0 Å². The topological polar surface area (TPSA) is 96.5 Å². The molecular weight excluding hydrogens is 432 g/mol. The van der Waals surface area contributed by atoms with Gasteiger partial charge in [-0.25, -0.2) is 8.78 Å². The zero-order chi connectivity index (χ0) is 23.1. The summed E-state index contributed by atoms with van der Waals surface area (Å²) in [6, 6.07) is 6.70. The number of carbonyl (C=O) groups is 3. The fourth-order valence-electron chi connectivity index (χ4n) is 2.56. The van der Waals surface area contributed by atoms with E-state index in [-0.39, 0.29) is 6.61 Å². The van der Waals surface area contributed by atoms with E-state index >= 15 is 0 Å². The molecule has 0 heterocycles. The van der Waals surface area contributed by atoms with Gasteiger partial charge in [-0.3, -0.25) is 25.2 Å². The lowest BCUT2D eigenvalue weighted by atomic mass is 10.0. The van der Waals surface area contributed by atoms with E-state index in [1.54, 1.807) is 39.0 Å². The Kier molecular flexibility index (Phi) is 8.32. The summed E-state index contributed by atoms with van der Waals surface area (Å²) < 4.78 is 32.9. The standard InChI is InChI=1S/C21H22ClF2N3O4/c1-11(2)19(25-20(29)18-15(23)5-4-6-16(18)24)21(30)27-26-17(28)10-31-13-7-8-14(22)12(3)9-13/h4-9,11,19H,10H2,1-3H3,(H,25,29)(H,26,28)(H,27,30). The van der Waals surface area contributed by atoms with Gasteiger partial charge < -0.3 is 10.1 Å². The Bertz CT molecular complexity index is 965. The lowest BCUT2D eigenvalue weighted by molar-refractivity contribution is -0.131. The predicted molar refractivity (Wildman–Crippen MR) is 110 cm³/mol. The molecule has 1 atom stereocenters. The molecule has 1 unspecified atom stereocenters. The van der Waals surface area contributed by atoms with E-state index in [1.165, 1.54) is 0 Å². The summed E-state index contributed by atoms with van der Waals surface area (Å²) >= 11 is 5.92. The zero-order valence-electron chi connectivity index (χ0n) is 17.1. The maximum absolute atomic E-state index is 13.8. The Labute approximate surface area is 183 Å². The Hall–Kier alpha value is -3.20. The van der Waals surface area contributed by atoms with Crippen molar-refractivity contribution in [1.82, 2.24) is 16.2 Å². The largest absolute Gasteiger partial charge is 0.484 e. The number of rotatable bonds is 7. The second kappa shape index (κ2) is 10.7. The number of hydrogen-bond acceptors (Lipinski definition) is 4. The van der Waals surface area contributed by atoms with Gasteiger partial charge in [0.05, 0.1) is 0 Å². The maximum Gasteiger partial charge on any atom is 0.276 e. The Morgan fingerprint density at radius 3 is 2.29 bits per heavy atom. The quantitative estimate of drug-likeness (QED) is 0.562. The molecule has 2 aromatic carbocycles. The third-order valence-electron chi connectivity index (χ3n) is 4.25. The Morgan fingerprint density at radius 2 is 1.71 bits per heavy atom. The second-order valence-corrected chi connectivity index (χ2v) is 7.44. The fraction of sp³-hybridized carbons (Fsp3) is 0.286. The van der Waals surface area contributed by atoms with Crippen LogP contribution >= 0.6 is 11.6 Å². The molecule has 0 radical (unpaired) electrons. The van der Waals surface area contributed by atoms with Crippen molar-refractivity contribution in [2.45, 2.75) is 26.8 Å². The third-order valence-corrected chi connectivity index (χ3v) is 4.67. The van der Waals surface area contributed by atoms with Crippen LogP contribution in [0.25, 0.3) is 0 Å². The summed E-state index contributed by atoms with van der Waals surface area (Å²) in [5.74, 6) is -4.64. The number of amides is 3. The van der Waals surface area contributed by atoms with Gasteiger partial charge in [0, 0.05) is 5.02 Å². The monoisotopic (exact) mass is 453 g/mol. The molecule has 0 saturated carbocycles. The van der Waals surface area contributed by atoms with Crippen molar-refractivity contribution in [3.63, 3.8) is 0 Å². The van der Waals surface area contributed by atoms with Gasteiger partial charge in [-0.1, -0.05) is 31.5 Å². The van der Waals surface area contributed by atoms with E-state index in [1.807, 2.05) is 0 Å². The summed E-state index contributed by atoms with van der Waals surface area (Å²) in [4.78, 5) is 36.6. The van der Waals surface area contributed by atoms with Crippen molar-refractivity contribution in [2.24, 2.45) is 5.92 Å². The van der Waals surface area contributed by atoms with Crippen LogP contribution in [0.1, 0.15) is 29.8 Å². The fourth-order valence-corrected chi connectivity index (χ4v) is 2.68. The number of hydrogen-bond donors (Lipinski definition) is 3. The highest BCUT2D eigenvalue weighted by Gasteiger charge is 2.27. The minimum absolute atomic E-state index is 0.388. The number of ether oxygens (including phenoxy) is 1. The van der Waals surface area contributed by atoms with Gasteiger partial charge in [0.2, 0.25) is 0 Å². The van der Waals surface area contributed by atoms with E-state index in [0.29, 0.717) is 10.8 Å². The molecule has 0 aromatic heterocycles. The summed E-state index contributed by atoms with van der Waals surface area (Å²) in [6.45, 7) is 4.63. The van der Waals surface area contributed by atoms with Gasteiger partial charge in [-0.2, -0.15) is 0 Å². The highest BCUT2D eigenvalue weighted by Crippen LogP contribution is 2.20.